The standard InChI is InChI=1S/C20H38O3/c1-10-14(4)17(21)16(6)23-20(9,12-3)18(22)15(5)13-19(7,8)11-2/h14-16H,10-13H2,1-9H3/t14?,15?,16-,20?/m0/s1. The molecule has 0 saturated carbocycles. The first-order valence-electron chi connectivity index (χ1n) is 9.19. The van der Waals surface area contributed by atoms with E-state index in [2.05, 4.69) is 20.8 Å². The summed E-state index contributed by atoms with van der Waals surface area (Å²) in [5, 5.41) is 0. The highest BCUT2D eigenvalue weighted by Crippen LogP contribution is 2.33. The molecule has 4 atom stereocenters. The molecule has 0 aromatic carbocycles. The Morgan fingerprint density at radius 3 is 1.83 bits per heavy atom. The van der Waals surface area contributed by atoms with Crippen LogP contribution < -0.4 is 0 Å². The second-order valence-electron chi connectivity index (χ2n) is 8.04. The summed E-state index contributed by atoms with van der Waals surface area (Å²) in [5.74, 6) is 0.102. The van der Waals surface area contributed by atoms with Crippen molar-refractivity contribution in [3.05, 3.63) is 0 Å². The van der Waals surface area contributed by atoms with Gasteiger partial charge in [-0.2, -0.15) is 0 Å². The Kier molecular flexibility index (Phi) is 8.69. The molecule has 0 saturated heterocycles. The Morgan fingerprint density at radius 1 is 0.913 bits per heavy atom. The lowest BCUT2D eigenvalue weighted by atomic mass is 9.76. The summed E-state index contributed by atoms with van der Waals surface area (Å²) in [6.45, 7) is 18.0. The maximum atomic E-state index is 13.0. The van der Waals surface area contributed by atoms with Crippen LogP contribution in [0.15, 0.2) is 0 Å². The van der Waals surface area contributed by atoms with Crippen LogP contribution in [-0.2, 0) is 14.3 Å². The molecule has 0 amide bonds. The number of carbonyl (C=O) groups is 2. The third-order valence-electron chi connectivity index (χ3n) is 5.39. The minimum atomic E-state index is -0.883. The van der Waals surface area contributed by atoms with E-state index in [0.717, 1.165) is 19.3 Å². The zero-order valence-corrected chi connectivity index (χ0v) is 16.8. The van der Waals surface area contributed by atoms with Crippen LogP contribution in [-0.4, -0.2) is 23.3 Å². The van der Waals surface area contributed by atoms with Crippen molar-refractivity contribution in [1.29, 1.82) is 0 Å². The molecule has 0 spiro atoms. The molecule has 0 fully saturated rings. The SMILES string of the molecule is CCC(C)C(=O)[C@H](C)OC(C)(CC)C(=O)C(C)CC(C)(C)CC. The van der Waals surface area contributed by atoms with Crippen molar-refractivity contribution in [3.63, 3.8) is 0 Å². The van der Waals surface area contributed by atoms with Gasteiger partial charge in [0.1, 0.15) is 11.7 Å². The van der Waals surface area contributed by atoms with Crippen LogP contribution in [0.25, 0.3) is 0 Å². The van der Waals surface area contributed by atoms with E-state index in [0.29, 0.717) is 6.42 Å². The van der Waals surface area contributed by atoms with Crippen LogP contribution >= 0.6 is 0 Å². The van der Waals surface area contributed by atoms with E-state index in [1.807, 2.05) is 34.6 Å². The van der Waals surface area contributed by atoms with E-state index in [-0.39, 0.29) is 28.8 Å². The van der Waals surface area contributed by atoms with Crippen molar-refractivity contribution in [3.8, 4) is 0 Å². The number of rotatable bonds is 11. The third kappa shape index (κ3) is 6.37. The van der Waals surface area contributed by atoms with E-state index >= 15 is 0 Å². The molecule has 0 rings (SSSR count). The molecule has 23 heavy (non-hydrogen) atoms. The van der Waals surface area contributed by atoms with Crippen LogP contribution in [0.3, 0.4) is 0 Å². The lowest BCUT2D eigenvalue weighted by Crippen LogP contribution is -2.46. The normalized spacial score (nSPS) is 18.8. The number of carbonyl (C=O) groups excluding carboxylic acids is 2. The van der Waals surface area contributed by atoms with Gasteiger partial charge in [0.05, 0.1) is 0 Å². The molecule has 0 bridgehead atoms. The number of hydrogen-bond acceptors (Lipinski definition) is 3. The molecule has 3 heteroatoms. The van der Waals surface area contributed by atoms with E-state index < -0.39 is 11.7 Å². The van der Waals surface area contributed by atoms with Gasteiger partial charge in [0.2, 0.25) is 0 Å². The molecular weight excluding hydrogens is 288 g/mol. The van der Waals surface area contributed by atoms with E-state index in [1.165, 1.54) is 0 Å². The fourth-order valence-electron chi connectivity index (χ4n) is 2.95. The quantitative estimate of drug-likeness (QED) is 0.523. The Balaban J connectivity index is 5.07. The predicted octanol–water partition coefficient (Wildman–Crippen LogP) is 5.21. The number of ketones is 2. The molecule has 0 N–H and O–H groups in total. The average Bonchev–Trinajstić information content (AvgIpc) is 2.51. The van der Waals surface area contributed by atoms with Gasteiger partial charge in [-0.25, -0.2) is 0 Å². The van der Waals surface area contributed by atoms with E-state index in [4.69, 9.17) is 4.74 Å². The first-order chi connectivity index (χ1) is 10.4. The zero-order chi connectivity index (χ0) is 18.4. The van der Waals surface area contributed by atoms with Crippen LogP contribution in [0.1, 0.15) is 88.0 Å². The summed E-state index contributed by atoms with van der Waals surface area (Å²) in [4.78, 5) is 25.2. The second kappa shape index (κ2) is 8.96. The van der Waals surface area contributed by atoms with E-state index in [1.54, 1.807) is 6.92 Å². The molecule has 0 aliphatic heterocycles. The highest BCUT2D eigenvalue weighted by molar-refractivity contribution is 5.90. The van der Waals surface area contributed by atoms with Crippen molar-refractivity contribution in [2.24, 2.45) is 17.3 Å². The molecule has 0 aromatic heterocycles. The van der Waals surface area contributed by atoms with Gasteiger partial charge in [-0.05, 0) is 38.5 Å². The Labute approximate surface area is 143 Å². The van der Waals surface area contributed by atoms with Gasteiger partial charge < -0.3 is 4.74 Å². The van der Waals surface area contributed by atoms with Crippen LogP contribution in [0.4, 0.5) is 0 Å². The van der Waals surface area contributed by atoms with Crippen molar-refractivity contribution in [2.75, 3.05) is 0 Å². The topological polar surface area (TPSA) is 43.4 Å². The second-order valence-corrected chi connectivity index (χ2v) is 8.04. The molecular formula is C20H38O3. The molecule has 0 aliphatic carbocycles. The monoisotopic (exact) mass is 326 g/mol. The minimum absolute atomic E-state index is 0.0299. The fraction of sp³-hybridized carbons (Fsp3) is 0.900. The maximum Gasteiger partial charge on any atom is 0.167 e. The smallest absolute Gasteiger partial charge is 0.167 e. The summed E-state index contributed by atoms with van der Waals surface area (Å²) in [7, 11) is 0. The number of Topliss-reactive ketones (excluding diaryl/α,β-unsaturated/α-hetero) is 2. The molecule has 0 heterocycles. The lowest BCUT2D eigenvalue weighted by Gasteiger charge is -2.35. The van der Waals surface area contributed by atoms with Gasteiger partial charge >= 0.3 is 0 Å². The van der Waals surface area contributed by atoms with Gasteiger partial charge in [0, 0.05) is 11.8 Å². The largest absolute Gasteiger partial charge is 0.357 e. The molecule has 0 radical (unpaired) electrons. The van der Waals surface area contributed by atoms with E-state index in [9.17, 15) is 9.59 Å². The van der Waals surface area contributed by atoms with Gasteiger partial charge in [0.25, 0.3) is 0 Å². The molecule has 3 nitrogen and oxygen atoms in total. The van der Waals surface area contributed by atoms with Gasteiger partial charge in [-0.1, -0.05) is 54.9 Å². The summed E-state index contributed by atoms with van der Waals surface area (Å²) >= 11 is 0. The van der Waals surface area contributed by atoms with Gasteiger partial charge in [0.15, 0.2) is 11.6 Å². The maximum absolute atomic E-state index is 13.0. The first-order valence-corrected chi connectivity index (χ1v) is 9.19. The first kappa shape index (κ1) is 22.3. The Bertz CT molecular complexity index is 400. The Morgan fingerprint density at radius 2 is 1.43 bits per heavy atom. The summed E-state index contributed by atoms with van der Waals surface area (Å²) in [6.07, 6.45) is 2.72. The summed E-state index contributed by atoms with van der Waals surface area (Å²) < 4.78 is 6.00. The van der Waals surface area contributed by atoms with Gasteiger partial charge in [-0.15, -0.1) is 0 Å². The van der Waals surface area contributed by atoms with Crippen molar-refractivity contribution in [1.82, 2.24) is 0 Å². The van der Waals surface area contributed by atoms with Gasteiger partial charge in [-0.3, -0.25) is 9.59 Å². The van der Waals surface area contributed by atoms with Crippen molar-refractivity contribution < 1.29 is 14.3 Å². The summed E-state index contributed by atoms with van der Waals surface area (Å²) in [5.41, 5.74) is -0.742. The predicted molar refractivity (Wildman–Crippen MR) is 96.6 cm³/mol. The molecule has 136 valence electrons. The third-order valence-corrected chi connectivity index (χ3v) is 5.39. The van der Waals surface area contributed by atoms with Crippen molar-refractivity contribution >= 4 is 11.6 Å². The van der Waals surface area contributed by atoms with Crippen molar-refractivity contribution in [2.45, 2.75) is 99.7 Å². The summed E-state index contributed by atoms with van der Waals surface area (Å²) in [6, 6.07) is 0. The molecule has 0 aromatic rings. The zero-order valence-electron chi connectivity index (χ0n) is 16.8. The van der Waals surface area contributed by atoms with Crippen LogP contribution in [0.5, 0.6) is 0 Å². The highest BCUT2D eigenvalue weighted by Gasteiger charge is 2.39. The number of ether oxygens (including phenoxy) is 1. The minimum Gasteiger partial charge on any atom is -0.357 e. The van der Waals surface area contributed by atoms with Crippen LogP contribution in [0.2, 0.25) is 0 Å². The lowest BCUT2D eigenvalue weighted by molar-refractivity contribution is -0.161. The molecule has 0 aliphatic rings. The average molecular weight is 327 g/mol. The number of hydrogen-bond donors (Lipinski definition) is 0. The Hall–Kier alpha value is -0.700. The highest BCUT2D eigenvalue weighted by atomic mass is 16.5. The fourth-order valence-corrected chi connectivity index (χ4v) is 2.95. The van der Waals surface area contributed by atoms with Crippen LogP contribution in [0, 0.1) is 17.3 Å². The molecule has 3 unspecified atom stereocenters.